The number of H-pyrrole nitrogens is 1. The Morgan fingerprint density at radius 1 is 1.08 bits per heavy atom. The van der Waals surface area contributed by atoms with Gasteiger partial charge in [0.15, 0.2) is 5.65 Å². The van der Waals surface area contributed by atoms with Crippen LogP contribution in [0, 0.1) is 0 Å². The van der Waals surface area contributed by atoms with Gasteiger partial charge in [-0.2, -0.15) is 5.10 Å². The third-order valence-corrected chi connectivity index (χ3v) is 5.22. The van der Waals surface area contributed by atoms with E-state index in [9.17, 15) is 0 Å². The van der Waals surface area contributed by atoms with Gasteiger partial charge in [-0.1, -0.05) is 6.92 Å². The van der Waals surface area contributed by atoms with E-state index in [1.54, 1.807) is 12.5 Å². The van der Waals surface area contributed by atoms with Crippen LogP contribution in [0.1, 0.15) is 37.2 Å². The monoisotopic (exact) mass is 350 g/mol. The van der Waals surface area contributed by atoms with Crippen LogP contribution in [-0.2, 0) is 6.42 Å². The Balaban J connectivity index is 1.36. The van der Waals surface area contributed by atoms with Gasteiger partial charge in [-0.25, -0.2) is 19.9 Å². The summed E-state index contributed by atoms with van der Waals surface area (Å²) in [4.78, 5) is 23.0. The zero-order valence-electron chi connectivity index (χ0n) is 14.9. The highest BCUT2D eigenvalue weighted by Gasteiger charge is 2.28. The Morgan fingerprint density at radius 3 is 2.65 bits per heavy atom. The molecule has 1 saturated heterocycles. The van der Waals surface area contributed by atoms with Crippen molar-refractivity contribution in [2.45, 2.75) is 32.1 Å². The molecular formula is C18H22N8. The van der Waals surface area contributed by atoms with Gasteiger partial charge in [0.1, 0.15) is 23.8 Å². The molecule has 134 valence electrons. The maximum Gasteiger partial charge on any atom is 0.160 e. The van der Waals surface area contributed by atoms with Crippen LogP contribution in [0.4, 0.5) is 11.6 Å². The van der Waals surface area contributed by atoms with E-state index in [-0.39, 0.29) is 0 Å². The molecular weight excluding hydrogens is 328 g/mol. The Bertz CT molecular complexity index is 924. The molecule has 0 bridgehead atoms. The lowest BCUT2D eigenvalue weighted by Gasteiger charge is -2.36. The number of rotatable bonds is 4. The SMILES string of the molecule is CCc1cc(N2CCN(c3ncnc4[nH]ncc34)CC2)nc(C2CC2)n1. The molecule has 3 aromatic rings. The molecule has 0 aromatic carbocycles. The van der Waals surface area contributed by atoms with Crippen molar-refractivity contribution in [2.75, 3.05) is 36.0 Å². The summed E-state index contributed by atoms with van der Waals surface area (Å²) < 4.78 is 0. The first kappa shape index (κ1) is 15.5. The van der Waals surface area contributed by atoms with Crippen molar-refractivity contribution in [3.63, 3.8) is 0 Å². The lowest BCUT2D eigenvalue weighted by atomic mass is 10.2. The molecule has 8 nitrogen and oxygen atoms in total. The molecule has 8 heteroatoms. The van der Waals surface area contributed by atoms with Gasteiger partial charge in [-0.05, 0) is 19.3 Å². The number of aromatic nitrogens is 6. The molecule has 0 unspecified atom stereocenters. The first-order valence-corrected chi connectivity index (χ1v) is 9.33. The van der Waals surface area contributed by atoms with Crippen molar-refractivity contribution >= 4 is 22.7 Å². The van der Waals surface area contributed by atoms with Crippen LogP contribution in [-0.4, -0.2) is 56.3 Å². The largest absolute Gasteiger partial charge is 0.353 e. The van der Waals surface area contributed by atoms with Crippen molar-refractivity contribution in [1.82, 2.24) is 30.1 Å². The Morgan fingerprint density at radius 2 is 1.88 bits per heavy atom. The minimum atomic E-state index is 0.580. The van der Waals surface area contributed by atoms with Gasteiger partial charge in [0, 0.05) is 43.9 Å². The minimum Gasteiger partial charge on any atom is -0.353 e. The molecule has 2 fully saturated rings. The van der Waals surface area contributed by atoms with E-state index in [0.717, 1.165) is 66.8 Å². The minimum absolute atomic E-state index is 0.580. The van der Waals surface area contributed by atoms with E-state index < -0.39 is 0 Å². The zero-order valence-corrected chi connectivity index (χ0v) is 14.9. The van der Waals surface area contributed by atoms with E-state index in [1.165, 1.54) is 12.8 Å². The number of aromatic amines is 1. The summed E-state index contributed by atoms with van der Waals surface area (Å²) in [6, 6.07) is 2.15. The van der Waals surface area contributed by atoms with Crippen LogP contribution in [0.5, 0.6) is 0 Å². The molecule has 5 rings (SSSR count). The van der Waals surface area contributed by atoms with Gasteiger partial charge in [-0.15, -0.1) is 0 Å². The van der Waals surface area contributed by atoms with E-state index in [2.05, 4.69) is 43.0 Å². The van der Waals surface area contributed by atoms with Gasteiger partial charge in [0.05, 0.1) is 11.6 Å². The summed E-state index contributed by atoms with van der Waals surface area (Å²) in [5.41, 5.74) is 1.94. The molecule has 1 aliphatic heterocycles. The van der Waals surface area contributed by atoms with Crippen LogP contribution in [0.25, 0.3) is 11.0 Å². The molecule has 3 aromatic heterocycles. The summed E-state index contributed by atoms with van der Waals surface area (Å²) in [7, 11) is 0. The lowest BCUT2D eigenvalue weighted by Crippen LogP contribution is -2.47. The van der Waals surface area contributed by atoms with Crippen molar-refractivity contribution in [3.8, 4) is 0 Å². The van der Waals surface area contributed by atoms with Crippen LogP contribution in [0.15, 0.2) is 18.6 Å². The average Bonchev–Trinajstić information content (AvgIpc) is 3.44. The molecule has 1 saturated carbocycles. The fourth-order valence-electron chi connectivity index (χ4n) is 3.52. The smallest absolute Gasteiger partial charge is 0.160 e. The molecule has 0 amide bonds. The van der Waals surface area contributed by atoms with Crippen LogP contribution >= 0.6 is 0 Å². The molecule has 1 N–H and O–H groups in total. The predicted octanol–water partition coefficient (Wildman–Crippen LogP) is 1.91. The van der Waals surface area contributed by atoms with Crippen LogP contribution in [0.2, 0.25) is 0 Å². The topological polar surface area (TPSA) is 86.7 Å². The second-order valence-corrected chi connectivity index (χ2v) is 7.01. The molecule has 4 heterocycles. The number of fused-ring (bicyclic) bond motifs is 1. The highest BCUT2D eigenvalue weighted by atomic mass is 15.3. The Kier molecular flexibility index (Phi) is 3.69. The first-order valence-electron chi connectivity index (χ1n) is 9.33. The lowest BCUT2D eigenvalue weighted by molar-refractivity contribution is 0.639. The van der Waals surface area contributed by atoms with Crippen molar-refractivity contribution in [2.24, 2.45) is 0 Å². The number of hydrogen-bond donors (Lipinski definition) is 1. The van der Waals surface area contributed by atoms with Gasteiger partial charge in [-0.3, -0.25) is 5.10 Å². The van der Waals surface area contributed by atoms with Crippen LogP contribution < -0.4 is 9.80 Å². The number of nitrogens with one attached hydrogen (secondary N) is 1. The fourth-order valence-corrected chi connectivity index (χ4v) is 3.52. The number of nitrogens with zero attached hydrogens (tertiary/aromatic N) is 7. The number of hydrogen-bond acceptors (Lipinski definition) is 7. The van der Waals surface area contributed by atoms with E-state index >= 15 is 0 Å². The van der Waals surface area contributed by atoms with E-state index in [1.807, 2.05) is 0 Å². The highest BCUT2D eigenvalue weighted by Crippen LogP contribution is 2.38. The first-order chi connectivity index (χ1) is 12.8. The Hall–Kier alpha value is -2.77. The third kappa shape index (κ3) is 2.75. The maximum atomic E-state index is 4.86. The number of piperazine rings is 1. The summed E-state index contributed by atoms with van der Waals surface area (Å²) in [6.45, 7) is 5.82. The molecule has 2 aliphatic rings. The van der Waals surface area contributed by atoms with Gasteiger partial charge in [0.25, 0.3) is 0 Å². The van der Waals surface area contributed by atoms with Gasteiger partial charge < -0.3 is 9.80 Å². The second-order valence-electron chi connectivity index (χ2n) is 7.01. The van der Waals surface area contributed by atoms with Crippen LogP contribution in [0.3, 0.4) is 0 Å². The summed E-state index contributed by atoms with van der Waals surface area (Å²) in [5.74, 6) is 3.66. The normalized spacial score (nSPS) is 17.9. The molecule has 0 radical (unpaired) electrons. The molecule has 1 aliphatic carbocycles. The maximum absolute atomic E-state index is 4.86. The predicted molar refractivity (Wildman–Crippen MR) is 99.5 cm³/mol. The second kappa shape index (κ2) is 6.19. The highest BCUT2D eigenvalue weighted by molar-refractivity contribution is 5.86. The molecule has 0 atom stereocenters. The number of anilines is 2. The molecule has 26 heavy (non-hydrogen) atoms. The zero-order chi connectivity index (χ0) is 17.5. The van der Waals surface area contributed by atoms with E-state index in [0.29, 0.717) is 5.92 Å². The Labute approximate surface area is 151 Å². The van der Waals surface area contributed by atoms with Crippen molar-refractivity contribution in [1.29, 1.82) is 0 Å². The van der Waals surface area contributed by atoms with E-state index in [4.69, 9.17) is 9.97 Å². The van der Waals surface area contributed by atoms with Gasteiger partial charge in [0.2, 0.25) is 0 Å². The third-order valence-electron chi connectivity index (χ3n) is 5.22. The summed E-state index contributed by atoms with van der Waals surface area (Å²) >= 11 is 0. The quantitative estimate of drug-likeness (QED) is 0.769. The number of aryl methyl sites for hydroxylation is 1. The standard InChI is InChI=1S/C18H22N8/c1-2-13-9-15(23-16(22-13)12-3-4-12)25-5-7-26(8-6-25)18-14-10-21-24-17(14)19-11-20-18/h9-12H,2-8H2,1H3,(H,19,20,21,24). The summed E-state index contributed by atoms with van der Waals surface area (Å²) in [5, 5.41) is 7.98. The summed E-state index contributed by atoms with van der Waals surface area (Å²) in [6.07, 6.45) is 6.82. The average molecular weight is 350 g/mol. The van der Waals surface area contributed by atoms with Crippen molar-refractivity contribution < 1.29 is 0 Å². The van der Waals surface area contributed by atoms with Gasteiger partial charge >= 0.3 is 0 Å². The fraction of sp³-hybridized carbons (Fsp3) is 0.500. The van der Waals surface area contributed by atoms with Crippen molar-refractivity contribution in [3.05, 3.63) is 30.1 Å². The molecule has 0 spiro atoms.